The van der Waals surface area contributed by atoms with E-state index in [0.717, 1.165) is 38.5 Å². The molecule has 0 N–H and O–H groups in total. The van der Waals surface area contributed by atoms with Gasteiger partial charge in [-0.2, -0.15) is 0 Å². The van der Waals surface area contributed by atoms with Gasteiger partial charge in [0.1, 0.15) is 5.57 Å². The molecule has 2 aliphatic carbocycles. The normalized spacial score (nSPS) is 34.7. The van der Waals surface area contributed by atoms with Crippen molar-refractivity contribution in [3.8, 4) is 0 Å². The largest absolute Gasteiger partial charge is 0.574 e. The summed E-state index contributed by atoms with van der Waals surface area (Å²) >= 11 is 0. The summed E-state index contributed by atoms with van der Waals surface area (Å²) in [6, 6.07) is 0. The minimum Gasteiger partial charge on any atom is -0.574 e. The topological polar surface area (TPSA) is 111 Å². The first-order valence-electron chi connectivity index (χ1n) is 12.0. The van der Waals surface area contributed by atoms with Crippen molar-refractivity contribution in [2.45, 2.75) is 83.7 Å². The van der Waals surface area contributed by atoms with Gasteiger partial charge in [-0.25, -0.2) is 14.4 Å². The molecule has 2 heterocycles. The predicted molar refractivity (Wildman–Crippen MR) is 118 cm³/mol. The van der Waals surface area contributed by atoms with Crippen LogP contribution in [-0.4, -0.2) is 29.5 Å². The van der Waals surface area contributed by atoms with E-state index in [-0.39, 0.29) is 23.0 Å². The van der Waals surface area contributed by atoms with E-state index in [1.54, 1.807) is 13.0 Å². The Hall–Kier alpha value is -3.03. The lowest BCUT2D eigenvalue weighted by molar-refractivity contribution is -0.407. The Bertz CT molecular complexity index is 980. The summed E-state index contributed by atoms with van der Waals surface area (Å²) in [5, 5.41) is 12.6. The Morgan fingerprint density at radius 1 is 0.853 bits per heavy atom. The lowest BCUT2D eigenvalue weighted by Crippen LogP contribution is -2.52. The minimum atomic E-state index is -1.17. The molecule has 0 amide bonds. The van der Waals surface area contributed by atoms with E-state index in [2.05, 4.69) is 0 Å². The molecule has 0 aromatic carbocycles. The maximum Gasteiger partial charge on any atom is 0.348 e. The van der Waals surface area contributed by atoms with Gasteiger partial charge in [0.15, 0.2) is 5.79 Å². The molecule has 3 unspecified atom stereocenters. The van der Waals surface area contributed by atoms with Crippen LogP contribution in [-0.2, 0) is 33.3 Å². The predicted octanol–water partition coefficient (Wildman–Crippen LogP) is 3.47. The van der Waals surface area contributed by atoms with Crippen molar-refractivity contribution in [3.63, 3.8) is 0 Å². The molecule has 8 nitrogen and oxygen atoms in total. The van der Waals surface area contributed by atoms with Crippen molar-refractivity contribution in [3.05, 3.63) is 47.0 Å². The van der Waals surface area contributed by atoms with Gasteiger partial charge in [-0.05, 0) is 51.2 Å². The van der Waals surface area contributed by atoms with Gasteiger partial charge in [-0.15, -0.1) is 0 Å². The van der Waals surface area contributed by atoms with Crippen LogP contribution in [0.4, 0.5) is 0 Å². The van der Waals surface area contributed by atoms with Crippen molar-refractivity contribution < 1.29 is 38.4 Å². The van der Waals surface area contributed by atoms with E-state index in [0.29, 0.717) is 18.4 Å². The fraction of sp³-hybridized carbons (Fsp3) is 0.577. The molecule has 4 rings (SSSR count). The second-order valence-corrected chi connectivity index (χ2v) is 9.72. The fourth-order valence-electron chi connectivity index (χ4n) is 5.06. The first-order valence-corrected chi connectivity index (χ1v) is 12.0. The number of hydrogen-bond acceptors (Lipinski definition) is 8. The molecule has 2 spiro atoms. The molecule has 4 aliphatic rings. The molecular weight excluding hydrogens is 440 g/mol. The zero-order valence-electron chi connectivity index (χ0n) is 19.9. The number of esters is 3. The van der Waals surface area contributed by atoms with Gasteiger partial charge in [0.2, 0.25) is 0 Å². The van der Waals surface area contributed by atoms with Crippen LogP contribution < -0.4 is 5.11 Å². The minimum absolute atomic E-state index is 0.0563. The first-order chi connectivity index (χ1) is 16.2. The third kappa shape index (κ3) is 4.50. The standard InChI is InChI=1S/C26H32O8/c1-16(15-20-23(29)33-26(34-24(20)30)14-7-5-11-18(26)3)9-8-12-19-21(27)31-25(32-22(19)28)13-6-4-10-17(25)2/h8-9,12,15,17-18,29H,4-7,10-11,13-14H2,1-3H3/p-1/b9-8+,16-15+,19-12?. The highest BCUT2D eigenvalue weighted by atomic mass is 16.8. The van der Waals surface area contributed by atoms with Gasteiger partial charge in [0, 0.05) is 18.3 Å². The molecule has 1 saturated heterocycles. The molecule has 34 heavy (non-hydrogen) atoms. The van der Waals surface area contributed by atoms with Gasteiger partial charge in [-0.1, -0.05) is 44.4 Å². The molecular formula is C26H31O8-. The number of rotatable bonds is 3. The SMILES string of the molecule is CC(/C=C/C=C1C(=O)OC2(CCCCC2C)OC1=O)=C\C1=C([O-])OC2(CCCCC2C)OC1=O. The maximum atomic E-state index is 12.6. The number of carbonyl (C=O) groups is 3. The number of carbonyl (C=O) groups excluding carboxylic acids is 3. The molecule has 3 atom stereocenters. The lowest BCUT2D eigenvalue weighted by atomic mass is 9.84. The van der Waals surface area contributed by atoms with Crippen LogP contribution in [0.3, 0.4) is 0 Å². The van der Waals surface area contributed by atoms with Crippen LogP contribution in [0, 0.1) is 11.8 Å². The molecule has 8 heteroatoms. The van der Waals surface area contributed by atoms with Crippen LogP contribution in [0.2, 0.25) is 0 Å². The van der Waals surface area contributed by atoms with Crippen molar-refractivity contribution >= 4 is 17.9 Å². The Morgan fingerprint density at radius 2 is 1.38 bits per heavy atom. The van der Waals surface area contributed by atoms with Crippen molar-refractivity contribution in [2.75, 3.05) is 0 Å². The van der Waals surface area contributed by atoms with Crippen LogP contribution >= 0.6 is 0 Å². The van der Waals surface area contributed by atoms with Crippen LogP contribution in [0.5, 0.6) is 0 Å². The molecule has 184 valence electrons. The highest BCUT2D eigenvalue weighted by Gasteiger charge is 2.50. The van der Waals surface area contributed by atoms with Crippen LogP contribution in [0.1, 0.15) is 72.1 Å². The van der Waals surface area contributed by atoms with Gasteiger partial charge >= 0.3 is 17.9 Å². The van der Waals surface area contributed by atoms with E-state index in [9.17, 15) is 19.5 Å². The third-order valence-corrected chi connectivity index (χ3v) is 7.26. The quantitative estimate of drug-likeness (QED) is 0.266. The fourth-order valence-corrected chi connectivity index (χ4v) is 5.06. The highest BCUT2D eigenvalue weighted by molar-refractivity contribution is 6.15. The van der Waals surface area contributed by atoms with Gasteiger partial charge in [0.25, 0.3) is 5.79 Å². The van der Waals surface area contributed by atoms with Gasteiger partial charge in [0.05, 0.1) is 11.5 Å². The lowest BCUT2D eigenvalue weighted by Gasteiger charge is -2.50. The van der Waals surface area contributed by atoms with Crippen LogP contribution in [0.25, 0.3) is 0 Å². The molecule has 0 radical (unpaired) electrons. The van der Waals surface area contributed by atoms with Crippen molar-refractivity contribution in [1.82, 2.24) is 0 Å². The molecule has 0 aromatic rings. The smallest absolute Gasteiger partial charge is 0.348 e. The summed E-state index contributed by atoms with van der Waals surface area (Å²) in [5.74, 6) is -5.29. The third-order valence-electron chi connectivity index (χ3n) is 7.26. The van der Waals surface area contributed by atoms with E-state index in [1.807, 2.05) is 13.8 Å². The Morgan fingerprint density at radius 3 is 1.91 bits per heavy atom. The summed E-state index contributed by atoms with van der Waals surface area (Å²) < 4.78 is 22.3. The molecule has 0 aromatic heterocycles. The summed E-state index contributed by atoms with van der Waals surface area (Å²) in [6.07, 6.45) is 12.0. The van der Waals surface area contributed by atoms with Gasteiger partial charge in [-0.3, -0.25) is 0 Å². The number of ether oxygens (including phenoxy) is 4. The zero-order chi connectivity index (χ0) is 24.5. The molecule has 0 bridgehead atoms. The van der Waals surface area contributed by atoms with Gasteiger partial charge < -0.3 is 24.1 Å². The monoisotopic (exact) mass is 471 g/mol. The number of hydrogen-bond donors (Lipinski definition) is 0. The first kappa shape index (κ1) is 24.1. The molecule has 2 aliphatic heterocycles. The number of allylic oxidation sites excluding steroid dienone is 4. The van der Waals surface area contributed by atoms with E-state index < -0.39 is 35.4 Å². The molecule has 2 saturated carbocycles. The van der Waals surface area contributed by atoms with E-state index in [4.69, 9.17) is 18.9 Å². The average Bonchev–Trinajstić information content (AvgIpc) is 2.77. The van der Waals surface area contributed by atoms with Crippen LogP contribution in [0.15, 0.2) is 47.0 Å². The summed E-state index contributed by atoms with van der Waals surface area (Å²) in [7, 11) is 0. The summed E-state index contributed by atoms with van der Waals surface area (Å²) in [6.45, 7) is 5.50. The van der Waals surface area contributed by atoms with E-state index >= 15 is 0 Å². The second kappa shape index (κ2) is 9.31. The maximum absolute atomic E-state index is 12.6. The average molecular weight is 472 g/mol. The van der Waals surface area contributed by atoms with Crippen molar-refractivity contribution in [2.24, 2.45) is 11.8 Å². The summed E-state index contributed by atoms with van der Waals surface area (Å²) in [4.78, 5) is 37.6. The Kier molecular flexibility index (Phi) is 6.60. The van der Waals surface area contributed by atoms with Crippen molar-refractivity contribution in [1.29, 1.82) is 0 Å². The van der Waals surface area contributed by atoms with E-state index in [1.165, 1.54) is 18.2 Å². The summed E-state index contributed by atoms with van der Waals surface area (Å²) in [5.41, 5.74) is 0.135. The highest BCUT2D eigenvalue weighted by Crippen LogP contribution is 2.42. The molecule has 3 fully saturated rings. The Balaban J connectivity index is 1.46. The Labute approximate surface area is 199 Å². The second-order valence-electron chi connectivity index (χ2n) is 9.72. The zero-order valence-corrected chi connectivity index (χ0v) is 19.9.